The van der Waals surface area contributed by atoms with Crippen LogP contribution in [-0.4, -0.2) is 27.4 Å². The van der Waals surface area contributed by atoms with Gasteiger partial charge in [0.15, 0.2) is 4.80 Å². The Bertz CT molecular complexity index is 1260. The number of methoxy groups -OCH3 is 1. The molecule has 0 radical (unpaired) electrons. The van der Waals surface area contributed by atoms with Gasteiger partial charge in [-0.2, -0.15) is 5.10 Å². The van der Waals surface area contributed by atoms with Crippen molar-refractivity contribution < 1.29 is 9.53 Å². The lowest BCUT2D eigenvalue weighted by molar-refractivity contribution is -0.136. The Labute approximate surface area is 164 Å². The average molecular weight is 394 g/mol. The molecule has 0 fully saturated rings. The van der Waals surface area contributed by atoms with Gasteiger partial charge in [-0.3, -0.25) is 14.0 Å². The minimum Gasteiger partial charge on any atom is -0.466 e. The second-order valence-corrected chi connectivity index (χ2v) is 7.44. The van der Waals surface area contributed by atoms with Crippen molar-refractivity contribution in [1.29, 1.82) is 0 Å². The lowest BCUT2D eigenvalue weighted by Gasteiger charge is -2.24. The summed E-state index contributed by atoms with van der Waals surface area (Å²) in [6.07, 6.45) is 5.31. The second-order valence-electron chi connectivity index (χ2n) is 6.43. The second kappa shape index (κ2) is 7.05. The molecular formula is C20H18N4O3S. The maximum atomic E-state index is 13.3. The van der Waals surface area contributed by atoms with Crippen molar-refractivity contribution in [1.82, 2.24) is 14.3 Å². The van der Waals surface area contributed by atoms with Crippen molar-refractivity contribution in [2.75, 3.05) is 7.11 Å². The smallest absolute Gasteiger partial charge is 0.338 e. The highest BCUT2D eigenvalue weighted by atomic mass is 32.1. The van der Waals surface area contributed by atoms with Crippen LogP contribution >= 0.6 is 11.3 Å². The fourth-order valence-electron chi connectivity index (χ4n) is 3.31. The van der Waals surface area contributed by atoms with Gasteiger partial charge in [0.05, 0.1) is 35.2 Å². The van der Waals surface area contributed by atoms with E-state index in [1.54, 1.807) is 28.4 Å². The predicted molar refractivity (Wildman–Crippen MR) is 105 cm³/mol. The first-order valence-electron chi connectivity index (χ1n) is 8.64. The summed E-state index contributed by atoms with van der Waals surface area (Å²) < 4.78 is 8.76. The number of esters is 1. The van der Waals surface area contributed by atoms with Gasteiger partial charge in [0.2, 0.25) is 0 Å². The molecule has 4 rings (SSSR count). The fraction of sp³-hybridized carbons (Fsp3) is 0.200. The van der Waals surface area contributed by atoms with Gasteiger partial charge >= 0.3 is 5.97 Å². The number of benzene rings is 1. The lowest BCUT2D eigenvalue weighted by Crippen LogP contribution is -2.39. The number of aromatic nitrogens is 3. The summed E-state index contributed by atoms with van der Waals surface area (Å²) in [6, 6.07) is 8.86. The van der Waals surface area contributed by atoms with Crippen molar-refractivity contribution >= 4 is 23.4 Å². The van der Waals surface area contributed by atoms with Crippen LogP contribution in [-0.2, 0) is 16.6 Å². The first kappa shape index (κ1) is 18.1. The molecular weight excluding hydrogens is 376 g/mol. The third kappa shape index (κ3) is 3.01. The minimum atomic E-state index is -0.582. The van der Waals surface area contributed by atoms with Crippen LogP contribution in [0.25, 0.3) is 6.08 Å². The molecule has 0 spiro atoms. The van der Waals surface area contributed by atoms with Gasteiger partial charge in [-0.25, -0.2) is 9.79 Å². The molecule has 1 aliphatic heterocycles. The van der Waals surface area contributed by atoms with E-state index in [0.29, 0.717) is 20.6 Å². The molecule has 0 saturated carbocycles. The molecule has 0 N–H and O–H groups in total. The number of hydrogen-bond acceptors (Lipinski definition) is 6. The molecule has 3 aromatic rings. The van der Waals surface area contributed by atoms with Crippen molar-refractivity contribution in [2.24, 2.45) is 12.0 Å². The Morgan fingerprint density at radius 1 is 1.29 bits per heavy atom. The van der Waals surface area contributed by atoms with Crippen LogP contribution in [0.2, 0.25) is 0 Å². The van der Waals surface area contributed by atoms with Crippen molar-refractivity contribution in [2.45, 2.75) is 13.0 Å². The highest BCUT2D eigenvalue weighted by molar-refractivity contribution is 7.07. The number of hydrogen-bond donors (Lipinski definition) is 0. The molecule has 2 aromatic heterocycles. The monoisotopic (exact) mass is 394 g/mol. The van der Waals surface area contributed by atoms with Crippen LogP contribution in [0.4, 0.5) is 0 Å². The van der Waals surface area contributed by atoms with Gasteiger partial charge in [0.25, 0.3) is 5.56 Å². The molecule has 1 unspecified atom stereocenters. The first-order valence-corrected chi connectivity index (χ1v) is 9.45. The fourth-order valence-corrected chi connectivity index (χ4v) is 4.36. The molecule has 0 aliphatic carbocycles. The summed E-state index contributed by atoms with van der Waals surface area (Å²) in [5, 5.41) is 4.13. The number of nitrogens with zero attached hydrogens (tertiary/aromatic N) is 4. The number of fused-ring (bicyclic) bond motifs is 1. The maximum Gasteiger partial charge on any atom is 0.338 e. The van der Waals surface area contributed by atoms with E-state index in [1.807, 2.05) is 43.6 Å². The van der Waals surface area contributed by atoms with E-state index < -0.39 is 12.0 Å². The van der Waals surface area contributed by atoms with Gasteiger partial charge in [-0.15, -0.1) is 0 Å². The van der Waals surface area contributed by atoms with E-state index >= 15 is 0 Å². The Hall–Kier alpha value is -3.26. The van der Waals surface area contributed by atoms with Gasteiger partial charge in [0, 0.05) is 18.8 Å². The van der Waals surface area contributed by atoms with Crippen LogP contribution in [0.15, 0.2) is 63.8 Å². The van der Waals surface area contributed by atoms with Gasteiger partial charge in [-0.05, 0) is 18.6 Å². The van der Waals surface area contributed by atoms with Crippen LogP contribution in [0.5, 0.6) is 0 Å². The SMILES string of the molecule is COC(=O)C1=C(C)N=c2sc(=Cc3cnn(C)c3)c(=O)n2C1c1ccccc1. The highest BCUT2D eigenvalue weighted by Gasteiger charge is 2.32. The summed E-state index contributed by atoms with van der Waals surface area (Å²) in [5.41, 5.74) is 2.37. The number of carbonyl (C=O) groups excluding carboxylic acids is 1. The number of thiazole rings is 1. The number of aryl methyl sites for hydroxylation is 1. The Kier molecular flexibility index (Phi) is 4.56. The normalized spacial score (nSPS) is 16.7. The van der Waals surface area contributed by atoms with Crippen molar-refractivity contribution in [3.05, 3.63) is 84.8 Å². The molecule has 0 bridgehead atoms. The topological polar surface area (TPSA) is 78.5 Å². The summed E-state index contributed by atoms with van der Waals surface area (Å²) in [7, 11) is 3.15. The van der Waals surface area contributed by atoms with Gasteiger partial charge < -0.3 is 4.74 Å². The summed E-state index contributed by atoms with van der Waals surface area (Å²) >= 11 is 1.29. The standard InChI is InChI=1S/C20H18N4O3S/c1-12-16(19(26)27-3)17(14-7-5-4-6-8-14)24-18(25)15(28-20(24)22-12)9-13-10-21-23(2)11-13/h4-11,17H,1-3H3. The van der Waals surface area contributed by atoms with Crippen LogP contribution in [0.1, 0.15) is 24.1 Å². The molecule has 1 atom stereocenters. The summed E-state index contributed by atoms with van der Waals surface area (Å²) in [5.74, 6) is -0.489. The van der Waals surface area contributed by atoms with E-state index in [4.69, 9.17) is 4.74 Å². The molecule has 142 valence electrons. The predicted octanol–water partition coefficient (Wildman–Crippen LogP) is 1.14. The van der Waals surface area contributed by atoms with Gasteiger partial charge in [0.1, 0.15) is 0 Å². The zero-order chi connectivity index (χ0) is 19.8. The van der Waals surface area contributed by atoms with Crippen LogP contribution in [0.3, 0.4) is 0 Å². The molecule has 3 heterocycles. The number of allylic oxidation sites excluding steroid dienone is 1. The molecule has 1 aromatic carbocycles. The Morgan fingerprint density at radius 3 is 2.68 bits per heavy atom. The van der Waals surface area contributed by atoms with Crippen molar-refractivity contribution in [3.63, 3.8) is 0 Å². The number of ether oxygens (including phenoxy) is 1. The van der Waals surface area contributed by atoms with Crippen molar-refractivity contribution in [3.8, 4) is 0 Å². The minimum absolute atomic E-state index is 0.199. The lowest BCUT2D eigenvalue weighted by atomic mass is 9.96. The molecule has 1 aliphatic rings. The Morgan fingerprint density at radius 2 is 2.04 bits per heavy atom. The zero-order valence-electron chi connectivity index (χ0n) is 15.6. The Balaban J connectivity index is 1.99. The van der Waals surface area contributed by atoms with E-state index in [9.17, 15) is 9.59 Å². The van der Waals surface area contributed by atoms with E-state index in [-0.39, 0.29) is 5.56 Å². The van der Waals surface area contributed by atoms with E-state index in [2.05, 4.69) is 10.1 Å². The van der Waals surface area contributed by atoms with Crippen LogP contribution < -0.4 is 14.9 Å². The van der Waals surface area contributed by atoms with Crippen LogP contribution in [0, 0.1) is 0 Å². The summed E-state index contributed by atoms with van der Waals surface area (Å²) in [4.78, 5) is 30.8. The molecule has 28 heavy (non-hydrogen) atoms. The molecule has 7 nitrogen and oxygen atoms in total. The molecule has 8 heteroatoms. The molecule has 0 amide bonds. The summed E-state index contributed by atoms with van der Waals surface area (Å²) in [6.45, 7) is 1.76. The zero-order valence-corrected chi connectivity index (χ0v) is 16.4. The largest absolute Gasteiger partial charge is 0.466 e. The van der Waals surface area contributed by atoms with E-state index in [1.165, 1.54) is 18.4 Å². The third-order valence-electron chi connectivity index (χ3n) is 4.56. The quantitative estimate of drug-likeness (QED) is 0.624. The molecule has 0 saturated heterocycles. The number of carbonyl (C=O) groups is 1. The van der Waals surface area contributed by atoms with E-state index in [0.717, 1.165) is 11.1 Å². The third-order valence-corrected chi connectivity index (χ3v) is 5.55. The van der Waals surface area contributed by atoms with Gasteiger partial charge in [-0.1, -0.05) is 41.7 Å². The number of rotatable bonds is 3. The maximum absolute atomic E-state index is 13.3. The first-order chi connectivity index (χ1) is 13.5. The highest BCUT2D eigenvalue weighted by Crippen LogP contribution is 2.30. The average Bonchev–Trinajstić information content (AvgIpc) is 3.24.